The van der Waals surface area contributed by atoms with Gasteiger partial charge in [-0.1, -0.05) is 6.08 Å². The number of rotatable bonds is 7. The Bertz CT molecular complexity index is 96.1. The SMILES string of the molecule is C=CCN(C)CCOCCN. The van der Waals surface area contributed by atoms with E-state index in [-0.39, 0.29) is 0 Å². The average Bonchev–Trinajstić information content (AvgIpc) is 1.99. The van der Waals surface area contributed by atoms with Crippen LogP contribution < -0.4 is 5.73 Å². The molecule has 66 valence electrons. The van der Waals surface area contributed by atoms with Crippen molar-refractivity contribution >= 4 is 0 Å². The number of hydrogen-bond acceptors (Lipinski definition) is 3. The topological polar surface area (TPSA) is 38.5 Å². The smallest absolute Gasteiger partial charge is 0.0594 e. The molecule has 0 aliphatic rings. The molecule has 0 aromatic rings. The van der Waals surface area contributed by atoms with Crippen LogP contribution in [0.5, 0.6) is 0 Å². The molecule has 0 aromatic heterocycles. The first-order valence-electron chi connectivity index (χ1n) is 3.88. The highest BCUT2D eigenvalue weighted by molar-refractivity contribution is 4.70. The van der Waals surface area contributed by atoms with Crippen molar-refractivity contribution in [3.63, 3.8) is 0 Å². The fourth-order valence-corrected chi connectivity index (χ4v) is 0.717. The maximum absolute atomic E-state index is 5.25. The van der Waals surface area contributed by atoms with Crippen LogP contribution in [0.25, 0.3) is 0 Å². The van der Waals surface area contributed by atoms with Gasteiger partial charge in [-0.3, -0.25) is 0 Å². The second kappa shape index (κ2) is 7.72. The van der Waals surface area contributed by atoms with Gasteiger partial charge in [0, 0.05) is 19.6 Å². The van der Waals surface area contributed by atoms with Crippen LogP contribution in [0.4, 0.5) is 0 Å². The molecule has 0 amide bonds. The van der Waals surface area contributed by atoms with E-state index in [1.807, 2.05) is 13.1 Å². The molecule has 0 saturated carbocycles. The van der Waals surface area contributed by atoms with Crippen molar-refractivity contribution in [2.45, 2.75) is 0 Å². The van der Waals surface area contributed by atoms with Gasteiger partial charge in [-0.15, -0.1) is 6.58 Å². The summed E-state index contributed by atoms with van der Waals surface area (Å²) in [7, 11) is 2.04. The van der Waals surface area contributed by atoms with E-state index in [0.717, 1.165) is 19.7 Å². The molecule has 0 aromatic carbocycles. The lowest BCUT2D eigenvalue weighted by molar-refractivity contribution is 0.120. The minimum absolute atomic E-state index is 0.602. The summed E-state index contributed by atoms with van der Waals surface area (Å²) in [6.45, 7) is 7.50. The molecule has 0 radical (unpaired) electrons. The minimum atomic E-state index is 0.602. The van der Waals surface area contributed by atoms with Gasteiger partial charge in [0.15, 0.2) is 0 Å². The van der Waals surface area contributed by atoms with Crippen molar-refractivity contribution < 1.29 is 4.74 Å². The van der Waals surface area contributed by atoms with E-state index in [4.69, 9.17) is 10.5 Å². The van der Waals surface area contributed by atoms with Gasteiger partial charge < -0.3 is 15.4 Å². The number of nitrogens with zero attached hydrogens (tertiary/aromatic N) is 1. The largest absolute Gasteiger partial charge is 0.379 e. The number of likely N-dealkylation sites (N-methyl/N-ethyl adjacent to an activating group) is 1. The number of nitrogens with two attached hydrogens (primary N) is 1. The van der Waals surface area contributed by atoms with Crippen LogP contribution in [0.1, 0.15) is 0 Å². The van der Waals surface area contributed by atoms with Crippen LogP contribution in [0.2, 0.25) is 0 Å². The van der Waals surface area contributed by atoms with Gasteiger partial charge >= 0.3 is 0 Å². The summed E-state index contributed by atoms with van der Waals surface area (Å²) >= 11 is 0. The molecule has 0 atom stereocenters. The van der Waals surface area contributed by atoms with Crippen molar-refractivity contribution in [3.8, 4) is 0 Å². The molecule has 3 heteroatoms. The van der Waals surface area contributed by atoms with Gasteiger partial charge in [-0.25, -0.2) is 0 Å². The molecule has 0 saturated heterocycles. The Balaban J connectivity index is 3.03. The lowest BCUT2D eigenvalue weighted by Gasteiger charge is -2.13. The second-order valence-corrected chi connectivity index (χ2v) is 2.45. The van der Waals surface area contributed by atoms with E-state index in [1.54, 1.807) is 0 Å². The van der Waals surface area contributed by atoms with Crippen molar-refractivity contribution in [2.75, 3.05) is 39.9 Å². The highest BCUT2D eigenvalue weighted by Crippen LogP contribution is 1.82. The van der Waals surface area contributed by atoms with E-state index >= 15 is 0 Å². The Morgan fingerprint density at radius 1 is 1.55 bits per heavy atom. The molecular formula is C8H18N2O. The van der Waals surface area contributed by atoms with Gasteiger partial charge in [0.2, 0.25) is 0 Å². The van der Waals surface area contributed by atoms with Crippen LogP contribution in [0, 0.1) is 0 Å². The Labute approximate surface area is 68.8 Å². The van der Waals surface area contributed by atoms with Gasteiger partial charge in [0.05, 0.1) is 13.2 Å². The maximum Gasteiger partial charge on any atom is 0.0594 e. The van der Waals surface area contributed by atoms with Crippen molar-refractivity contribution in [3.05, 3.63) is 12.7 Å². The summed E-state index contributed by atoms with van der Waals surface area (Å²) in [6, 6.07) is 0. The average molecular weight is 158 g/mol. The molecular weight excluding hydrogens is 140 g/mol. The molecule has 0 spiro atoms. The quantitative estimate of drug-likeness (QED) is 0.421. The second-order valence-electron chi connectivity index (χ2n) is 2.45. The minimum Gasteiger partial charge on any atom is -0.379 e. The molecule has 0 unspecified atom stereocenters. The Morgan fingerprint density at radius 2 is 2.27 bits per heavy atom. The van der Waals surface area contributed by atoms with E-state index in [9.17, 15) is 0 Å². The third-order valence-corrected chi connectivity index (χ3v) is 1.32. The predicted octanol–water partition coefficient (Wildman–Crippen LogP) is 0.0795. The molecule has 0 rings (SSSR count). The Kier molecular flexibility index (Phi) is 7.46. The summed E-state index contributed by atoms with van der Waals surface area (Å²) in [5.41, 5.74) is 5.25. The molecule has 3 nitrogen and oxygen atoms in total. The van der Waals surface area contributed by atoms with E-state index in [2.05, 4.69) is 11.5 Å². The Hall–Kier alpha value is -0.380. The zero-order chi connectivity index (χ0) is 8.53. The molecule has 0 bridgehead atoms. The first-order chi connectivity index (χ1) is 5.31. The Morgan fingerprint density at radius 3 is 2.82 bits per heavy atom. The highest BCUT2D eigenvalue weighted by atomic mass is 16.5. The van der Waals surface area contributed by atoms with Gasteiger partial charge in [-0.2, -0.15) is 0 Å². The standard InChI is InChI=1S/C8H18N2O/c1-3-5-10(2)6-8-11-7-4-9/h3H,1,4-9H2,2H3. The number of ether oxygens (including phenoxy) is 1. The van der Waals surface area contributed by atoms with Crippen LogP contribution in [0.15, 0.2) is 12.7 Å². The molecule has 0 aliphatic heterocycles. The van der Waals surface area contributed by atoms with Gasteiger partial charge in [0.25, 0.3) is 0 Å². The third-order valence-electron chi connectivity index (χ3n) is 1.32. The summed E-state index contributed by atoms with van der Waals surface area (Å²) in [4.78, 5) is 2.14. The lowest BCUT2D eigenvalue weighted by Crippen LogP contribution is -2.24. The first-order valence-corrected chi connectivity index (χ1v) is 3.88. The van der Waals surface area contributed by atoms with Crippen molar-refractivity contribution in [2.24, 2.45) is 5.73 Å². The van der Waals surface area contributed by atoms with Crippen molar-refractivity contribution in [1.29, 1.82) is 0 Å². The molecule has 0 heterocycles. The monoisotopic (exact) mass is 158 g/mol. The highest BCUT2D eigenvalue weighted by Gasteiger charge is 1.93. The zero-order valence-corrected chi connectivity index (χ0v) is 7.25. The van der Waals surface area contributed by atoms with Crippen LogP contribution in [-0.2, 0) is 4.74 Å². The fourth-order valence-electron chi connectivity index (χ4n) is 0.717. The third kappa shape index (κ3) is 7.52. The molecule has 2 N–H and O–H groups in total. The predicted molar refractivity (Wildman–Crippen MR) is 47.6 cm³/mol. The summed E-state index contributed by atoms with van der Waals surface area (Å²) < 4.78 is 5.20. The van der Waals surface area contributed by atoms with Crippen LogP contribution in [-0.4, -0.2) is 44.8 Å². The first kappa shape index (κ1) is 10.6. The normalized spacial score (nSPS) is 10.5. The lowest BCUT2D eigenvalue weighted by atomic mass is 10.5. The molecule has 0 fully saturated rings. The summed E-state index contributed by atoms with van der Waals surface area (Å²) in [5.74, 6) is 0. The van der Waals surface area contributed by atoms with Gasteiger partial charge in [-0.05, 0) is 7.05 Å². The van der Waals surface area contributed by atoms with Crippen molar-refractivity contribution in [1.82, 2.24) is 4.90 Å². The summed E-state index contributed by atoms with van der Waals surface area (Å²) in [5, 5.41) is 0. The van der Waals surface area contributed by atoms with Crippen LogP contribution in [0.3, 0.4) is 0 Å². The molecule has 11 heavy (non-hydrogen) atoms. The van der Waals surface area contributed by atoms with E-state index in [0.29, 0.717) is 13.2 Å². The zero-order valence-electron chi connectivity index (χ0n) is 7.25. The molecule has 0 aliphatic carbocycles. The van der Waals surface area contributed by atoms with Crippen LogP contribution >= 0.6 is 0 Å². The maximum atomic E-state index is 5.25. The van der Waals surface area contributed by atoms with E-state index in [1.165, 1.54) is 0 Å². The van der Waals surface area contributed by atoms with E-state index < -0.39 is 0 Å². The fraction of sp³-hybridized carbons (Fsp3) is 0.750. The summed E-state index contributed by atoms with van der Waals surface area (Å²) in [6.07, 6.45) is 1.88. The number of hydrogen-bond donors (Lipinski definition) is 1. The van der Waals surface area contributed by atoms with Gasteiger partial charge in [0.1, 0.15) is 0 Å².